The number of carbonyl (C=O) groups is 3. The number of barbiturate groups is 1. The van der Waals surface area contributed by atoms with Gasteiger partial charge in [0.15, 0.2) is 0 Å². The molecule has 0 saturated carbocycles. The predicted octanol–water partition coefficient (Wildman–Crippen LogP) is 3.71. The lowest BCUT2D eigenvalue weighted by Gasteiger charge is -2.26. The van der Waals surface area contributed by atoms with Gasteiger partial charge in [-0.2, -0.15) is 0 Å². The van der Waals surface area contributed by atoms with Gasteiger partial charge in [-0.1, -0.05) is 29.8 Å². The van der Waals surface area contributed by atoms with E-state index in [1.807, 2.05) is 19.9 Å². The van der Waals surface area contributed by atoms with Crippen molar-refractivity contribution in [1.82, 2.24) is 5.32 Å². The highest BCUT2D eigenvalue weighted by Crippen LogP contribution is 2.28. The molecule has 0 bridgehead atoms. The molecule has 1 fully saturated rings. The van der Waals surface area contributed by atoms with Crippen molar-refractivity contribution in [1.29, 1.82) is 0 Å². The van der Waals surface area contributed by atoms with Gasteiger partial charge in [0, 0.05) is 0 Å². The Balaban J connectivity index is 1.98. The smallest absolute Gasteiger partial charge is 0.335 e. The number of anilines is 1. The van der Waals surface area contributed by atoms with Crippen molar-refractivity contribution in [2.24, 2.45) is 0 Å². The van der Waals surface area contributed by atoms with Gasteiger partial charge < -0.3 is 4.74 Å². The largest absolute Gasteiger partial charge is 0.492 e. The van der Waals surface area contributed by atoms with Gasteiger partial charge in [0.25, 0.3) is 11.8 Å². The lowest BCUT2D eigenvalue weighted by molar-refractivity contribution is -0.122. The molecular weight excluding hydrogens is 368 g/mol. The highest BCUT2D eigenvalue weighted by molar-refractivity contribution is 6.39. The Labute approximate surface area is 161 Å². The Morgan fingerprint density at radius 3 is 2.59 bits per heavy atom. The van der Waals surface area contributed by atoms with Crippen LogP contribution in [0.4, 0.5) is 10.5 Å². The molecule has 0 atom stereocenters. The number of carbonyl (C=O) groups excluding carboxylic acids is 3. The number of nitrogens with one attached hydrogen (secondary N) is 1. The van der Waals surface area contributed by atoms with E-state index < -0.39 is 17.8 Å². The first-order valence-electron chi connectivity index (χ1n) is 8.31. The Morgan fingerprint density at radius 2 is 1.93 bits per heavy atom. The molecule has 138 valence electrons. The van der Waals surface area contributed by atoms with Crippen molar-refractivity contribution in [3.63, 3.8) is 0 Å². The van der Waals surface area contributed by atoms with Gasteiger partial charge in [-0.05, 0) is 55.3 Å². The lowest BCUT2D eigenvalue weighted by atomic mass is 10.1. The van der Waals surface area contributed by atoms with E-state index in [1.54, 1.807) is 36.4 Å². The number of benzene rings is 2. The van der Waals surface area contributed by atoms with E-state index in [-0.39, 0.29) is 5.57 Å². The first-order valence-corrected chi connectivity index (χ1v) is 8.69. The summed E-state index contributed by atoms with van der Waals surface area (Å²) in [6.45, 7) is 4.16. The standard InChI is InChI=1S/C20H17ClN2O4/c1-3-27-17-8-7-13(11-16(17)21)10-15-18(24)22-20(26)23(19(15)25)14-6-4-5-12(2)9-14/h4-11H,3H2,1-2H3,(H,22,24,26)/b15-10+. The minimum Gasteiger partial charge on any atom is -0.492 e. The number of amides is 4. The van der Waals surface area contributed by atoms with E-state index in [0.717, 1.165) is 10.5 Å². The molecule has 27 heavy (non-hydrogen) atoms. The molecule has 1 heterocycles. The third-order valence-electron chi connectivity index (χ3n) is 3.93. The predicted molar refractivity (Wildman–Crippen MR) is 103 cm³/mol. The van der Waals surface area contributed by atoms with E-state index >= 15 is 0 Å². The third kappa shape index (κ3) is 3.85. The van der Waals surface area contributed by atoms with Gasteiger partial charge in [-0.25, -0.2) is 9.69 Å². The van der Waals surface area contributed by atoms with Gasteiger partial charge >= 0.3 is 6.03 Å². The van der Waals surface area contributed by atoms with Crippen LogP contribution in [0.25, 0.3) is 6.08 Å². The number of urea groups is 1. The van der Waals surface area contributed by atoms with Crippen LogP contribution in [0, 0.1) is 6.92 Å². The van der Waals surface area contributed by atoms with Crippen molar-refractivity contribution in [3.05, 3.63) is 64.2 Å². The van der Waals surface area contributed by atoms with Gasteiger partial charge in [-0.15, -0.1) is 0 Å². The minimum atomic E-state index is -0.780. The van der Waals surface area contributed by atoms with Crippen LogP contribution in [0.1, 0.15) is 18.1 Å². The van der Waals surface area contributed by atoms with Crippen LogP contribution in [-0.4, -0.2) is 24.5 Å². The SMILES string of the molecule is CCOc1ccc(/C=C2\C(=O)NC(=O)N(c3cccc(C)c3)C2=O)cc1Cl. The molecule has 3 rings (SSSR count). The van der Waals surface area contributed by atoms with Crippen molar-refractivity contribution in [2.75, 3.05) is 11.5 Å². The molecule has 2 aromatic rings. The zero-order chi connectivity index (χ0) is 19.6. The minimum absolute atomic E-state index is 0.156. The summed E-state index contributed by atoms with van der Waals surface area (Å²) in [4.78, 5) is 38.2. The van der Waals surface area contributed by atoms with Crippen LogP contribution in [0.2, 0.25) is 5.02 Å². The van der Waals surface area contributed by atoms with Crippen LogP contribution < -0.4 is 15.0 Å². The first kappa shape index (κ1) is 18.7. The van der Waals surface area contributed by atoms with Crippen LogP contribution in [0.15, 0.2) is 48.0 Å². The summed E-state index contributed by atoms with van der Waals surface area (Å²) in [6, 6.07) is 11.1. The van der Waals surface area contributed by atoms with Gasteiger partial charge in [0.1, 0.15) is 11.3 Å². The average molecular weight is 385 g/mol. The topological polar surface area (TPSA) is 75.7 Å². The highest BCUT2D eigenvalue weighted by atomic mass is 35.5. The quantitative estimate of drug-likeness (QED) is 0.644. The molecule has 1 aliphatic heterocycles. The highest BCUT2D eigenvalue weighted by Gasteiger charge is 2.36. The summed E-state index contributed by atoms with van der Waals surface area (Å²) >= 11 is 6.16. The Kier molecular flexibility index (Phi) is 5.28. The number of rotatable bonds is 4. The fraction of sp³-hybridized carbons (Fsp3) is 0.150. The molecule has 1 saturated heterocycles. The number of aryl methyl sites for hydroxylation is 1. The summed E-state index contributed by atoms with van der Waals surface area (Å²) in [6.07, 6.45) is 1.40. The molecule has 6 nitrogen and oxygen atoms in total. The maximum absolute atomic E-state index is 12.8. The normalized spacial score (nSPS) is 15.9. The van der Waals surface area contributed by atoms with Crippen LogP contribution in [0.5, 0.6) is 5.75 Å². The number of hydrogen-bond donors (Lipinski definition) is 1. The van der Waals surface area contributed by atoms with Gasteiger partial charge in [-0.3, -0.25) is 14.9 Å². The number of nitrogens with zero attached hydrogens (tertiary/aromatic N) is 1. The zero-order valence-corrected chi connectivity index (χ0v) is 15.5. The first-order chi connectivity index (χ1) is 12.9. The van der Waals surface area contributed by atoms with Gasteiger partial charge in [0.05, 0.1) is 17.3 Å². The maximum atomic E-state index is 12.8. The molecule has 0 spiro atoms. The fourth-order valence-electron chi connectivity index (χ4n) is 2.71. The Morgan fingerprint density at radius 1 is 1.15 bits per heavy atom. The number of halogens is 1. The van der Waals surface area contributed by atoms with E-state index in [2.05, 4.69) is 5.32 Å². The molecule has 0 aromatic heterocycles. The molecule has 2 aromatic carbocycles. The third-order valence-corrected chi connectivity index (χ3v) is 4.22. The van der Waals surface area contributed by atoms with Crippen molar-refractivity contribution in [2.45, 2.75) is 13.8 Å². The zero-order valence-electron chi connectivity index (χ0n) is 14.8. The second-order valence-electron chi connectivity index (χ2n) is 5.92. The molecule has 7 heteroatoms. The molecule has 0 aliphatic carbocycles. The van der Waals surface area contributed by atoms with E-state index in [9.17, 15) is 14.4 Å². The molecule has 1 aliphatic rings. The molecule has 0 unspecified atom stereocenters. The summed E-state index contributed by atoms with van der Waals surface area (Å²) in [5.41, 5.74) is 1.66. The second kappa shape index (κ2) is 7.63. The lowest BCUT2D eigenvalue weighted by Crippen LogP contribution is -2.54. The van der Waals surface area contributed by atoms with Crippen molar-refractivity contribution < 1.29 is 19.1 Å². The Hall–Kier alpha value is -3.12. The fourth-order valence-corrected chi connectivity index (χ4v) is 2.95. The number of imide groups is 2. The molecule has 4 amide bonds. The van der Waals surface area contributed by atoms with E-state index in [0.29, 0.717) is 28.6 Å². The molecular formula is C20H17ClN2O4. The van der Waals surface area contributed by atoms with Crippen LogP contribution in [-0.2, 0) is 9.59 Å². The number of hydrogen-bond acceptors (Lipinski definition) is 4. The number of ether oxygens (including phenoxy) is 1. The molecule has 0 radical (unpaired) electrons. The summed E-state index contributed by atoms with van der Waals surface area (Å²) in [5, 5.41) is 2.56. The van der Waals surface area contributed by atoms with E-state index in [4.69, 9.17) is 16.3 Å². The van der Waals surface area contributed by atoms with Crippen molar-refractivity contribution >= 4 is 41.2 Å². The van der Waals surface area contributed by atoms with Crippen molar-refractivity contribution in [3.8, 4) is 5.75 Å². The molecule has 1 N–H and O–H groups in total. The van der Waals surface area contributed by atoms with E-state index in [1.165, 1.54) is 6.08 Å². The maximum Gasteiger partial charge on any atom is 0.335 e. The average Bonchev–Trinajstić information content (AvgIpc) is 2.61. The monoisotopic (exact) mass is 384 g/mol. The Bertz CT molecular complexity index is 968. The van der Waals surface area contributed by atoms with Gasteiger partial charge in [0.2, 0.25) is 0 Å². The summed E-state index contributed by atoms with van der Waals surface area (Å²) in [5.74, 6) is -0.935. The van der Waals surface area contributed by atoms with Crippen LogP contribution in [0.3, 0.4) is 0 Å². The second-order valence-corrected chi connectivity index (χ2v) is 6.33. The van der Waals surface area contributed by atoms with Crippen LogP contribution >= 0.6 is 11.6 Å². The summed E-state index contributed by atoms with van der Waals surface area (Å²) in [7, 11) is 0. The summed E-state index contributed by atoms with van der Waals surface area (Å²) < 4.78 is 5.37.